The Morgan fingerprint density at radius 3 is 2.29 bits per heavy atom. The van der Waals surface area contributed by atoms with Crippen molar-refractivity contribution in [2.45, 2.75) is 69.5 Å². The zero-order valence-electron chi connectivity index (χ0n) is 23.6. The van der Waals surface area contributed by atoms with Gasteiger partial charge in [-0.3, -0.25) is 15.0 Å². The number of hydroxylamine groups is 1. The molecule has 1 saturated carbocycles. The van der Waals surface area contributed by atoms with Gasteiger partial charge in [-0.05, 0) is 42.7 Å². The van der Waals surface area contributed by atoms with Crippen molar-refractivity contribution in [3.05, 3.63) is 77.9 Å². The summed E-state index contributed by atoms with van der Waals surface area (Å²) in [6, 6.07) is 18.9. The van der Waals surface area contributed by atoms with Crippen molar-refractivity contribution in [3.63, 3.8) is 0 Å². The van der Waals surface area contributed by atoms with Crippen LogP contribution in [0.4, 0.5) is 0 Å². The van der Waals surface area contributed by atoms with Gasteiger partial charge in [0.15, 0.2) is 6.29 Å². The van der Waals surface area contributed by atoms with E-state index in [4.69, 9.17) is 9.57 Å². The Labute approximate surface area is 243 Å². The van der Waals surface area contributed by atoms with Gasteiger partial charge in [-0.25, -0.2) is 18.7 Å². The standard InChI is InChI=1S/C31H41N3O6S/c1-41(37,38)34-32-30(36)31(23-25-15-8-9-16-25,26-18-6-3-7-19-26)27(20-12-17-24-13-4-2-5-14-24)29(35)33-40-28-21-10-11-22-39-28/h2-7,12-14,17-19,25,27-28,34H,8-11,15-16,20-23H2,1H3,(H,32,36)(H,33,35)/t27-,28?,31+/m1/s1. The maximum Gasteiger partial charge on any atom is 0.248 e. The van der Waals surface area contributed by atoms with Crippen LogP contribution in [0.25, 0.3) is 6.08 Å². The number of allylic oxidation sites excluding steroid dienone is 1. The Balaban J connectivity index is 1.75. The molecule has 2 aromatic carbocycles. The largest absolute Gasteiger partial charge is 0.350 e. The van der Waals surface area contributed by atoms with Crippen LogP contribution in [0.5, 0.6) is 0 Å². The molecule has 0 bridgehead atoms. The lowest BCUT2D eigenvalue weighted by molar-refractivity contribution is -0.203. The van der Waals surface area contributed by atoms with Crippen molar-refractivity contribution < 1.29 is 27.6 Å². The molecular weight excluding hydrogens is 542 g/mol. The predicted molar refractivity (Wildman–Crippen MR) is 157 cm³/mol. The predicted octanol–water partition coefficient (Wildman–Crippen LogP) is 4.38. The molecular formula is C31H41N3O6S. The number of hydrogen-bond donors (Lipinski definition) is 3. The molecule has 2 fully saturated rings. The summed E-state index contributed by atoms with van der Waals surface area (Å²) >= 11 is 0. The molecule has 10 heteroatoms. The smallest absolute Gasteiger partial charge is 0.248 e. The topological polar surface area (TPSA) is 123 Å². The number of amides is 2. The second kappa shape index (κ2) is 14.7. The van der Waals surface area contributed by atoms with Gasteiger partial charge in [0.05, 0.1) is 17.6 Å². The van der Waals surface area contributed by atoms with E-state index in [1.165, 1.54) is 0 Å². The molecule has 9 nitrogen and oxygen atoms in total. The molecule has 0 aromatic heterocycles. The Kier molecular flexibility index (Phi) is 11.1. The molecule has 222 valence electrons. The van der Waals surface area contributed by atoms with Gasteiger partial charge >= 0.3 is 0 Å². The molecule has 41 heavy (non-hydrogen) atoms. The first-order chi connectivity index (χ1) is 19.8. The lowest BCUT2D eigenvalue weighted by Gasteiger charge is -2.40. The highest BCUT2D eigenvalue weighted by Crippen LogP contribution is 2.45. The Morgan fingerprint density at radius 2 is 1.66 bits per heavy atom. The first-order valence-electron chi connectivity index (χ1n) is 14.4. The molecule has 4 rings (SSSR count). The van der Waals surface area contributed by atoms with Crippen LogP contribution in [0.2, 0.25) is 0 Å². The summed E-state index contributed by atoms with van der Waals surface area (Å²) in [5, 5.41) is 0. The summed E-state index contributed by atoms with van der Waals surface area (Å²) in [7, 11) is -3.75. The summed E-state index contributed by atoms with van der Waals surface area (Å²) in [6.45, 7) is 0.555. The molecule has 2 aliphatic rings. The normalized spacial score (nSPS) is 20.4. The Bertz CT molecular complexity index is 1260. The Hall–Kier alpha value is -3.05. The van der Waals surface area contributed by atoms with Gasteiger partial charge in [-0.15, -0.1) is 4.83 Å². The number of hydrazine groups is 1. The molecule has 3 atom stereocenters. The van der Waals surface area contributed by atoms with Crippen molar-refractivity contribution in [1.82, 2.24) is 15.7 Å². The minimum absolute atomic E-state index is 0.190. The molecule has 1 aliphatic carbocycles. The van der Waals surface area contributed by atoms with Crippen LogP contribution in [-0.2, 0) is 34.6 Å². The molecule has 1 saturated heterocycles. The van der Waals surface area contributed by atoms with Crippen molar-refractivity contribution in [3.8, 4) is 0 Å². The van der Waals surface area contributed by atoms with Crippen LogP contribution in [0.3, 0.4) is 0 Å². The van der Waals surface area contributed by atoms with Gasteiger partial charge in [0.25, 0.3) is 0 Å². The first-order valence-corrected chi connectivity index (χ1v) is 16.3. The van der Waals surface area contributed by atoms with E-state index in [9.17, 15) is 18.0 Å². The van der Waals surface area contributed by atoms with Crippen molar-refractivity contribution in [1.29, 1.82) is 0 Å². The first kappa shape index (κ1) is 30.9. The SMILES string of the molecule is CS(=O)(=O)NNC(=O)[C@@](CC1CCCC1)(c1ccccc1)[C@H](CC=Cc1ccccc1)C(=O)NOC1CCCCO1. The number of benzene rings is 2. The van der Waals surface area contributed by atoms with Gasteiger partial charge in [-0.1, -0.05) is 98.5 Å². The van der Waals surface area contributed by atoms with Crippen LogP contribution < -0.4 is 15.7 Å². The lowest BCUT2D eigenvalue weighted by Crippen LogP contribution is -2.58. The van der Waals surface area contributed by atoms with E-state index in [0.717, 1.165) is 50.3 Å². The second-order valence-corrected chi connectivity index (χ2v) is 12.8. The monoisotopic (exact) mass is 583 g/mol. The molecule has 2 amide bonds. The van der Waals surface area contributed by atoms with Crippen molar-refractivity contribution in [2.24, 2.45) is 11.8 Å². The highest BCUT2D eigenvalue weighted by atomic mass is 32.2. The summed E-state index contributed by atoms with van der Waals surface area (Å²) in [6.07, 6.45) is 11.3. The van der Waals surface area contributed by atoms with Gasteiger partial charge in [0.1, 0.15) is 0 Å². The third-order valence-electron chi connectivity index (χ3n) is 7.95. The molecule has 0 radical (unpaired) electrons. The average Bonchev–Trinajstić information content (AvgIpc) is 3.50. The lowest BCUT2D eigenvalue weighted by atomic mass is 9.63. The minimum Gasteiger partial charge on any atom is -0.350 e. The molecule has 0 spiro atoms. The van der Waals surface area contributed by atoms with Gasteiger partial charge in [0.2, 0.25) is 21.8 Å². The van der Waals surface area contributed by atoms with Gasteiger partial charge in [0, 0.05) is 13.0 Å². The number of carbonyl (C=O) groups excluding carboxylic acids is 2. The minimum atomic E-state index is -3.75. The fraction of sp³-hybridized carbons (Fsp3) is 0.484. The molecule has 1 unspecified atom stereocenters. The zero-order chi connectivity index (χ0) is 29.1. The van der Waals surface area contributed by atoms with E-state index in [2.05, 4.69) is 15.7 Å². The number of carbonyl (C=O) groups is 2. The third-order valence-corrected chi connectivity index (χ3v) is 8.42. The van der Waals surface area contributed by atoms with E-state index in [0.29, 0.717) is 25.0 Å². The molecule has 1 aliphatic heterocycles. The second-order valence-electron chi connectivity index (χ2n) is 11.0. The molecule has 1 heterocycles. The third kappa shape index (κ3) is 8.72. The fourth-order valence-electron chi connectivity index (χ4n) is 5.93. The van der Waals surface area contributed by atoms with E-state index in [1.807, 2.05) is 72.8 Å². The van der Waals surface area contributed by atoms with Crippen molar-refractivity contribution in [2.75, 3.05) is 12.9 Å². The number of sulfonamides is 1. The maximum absolute atomic E-state index is 14.3. The maximum atomic E-state index is 14.3. The number of nitrogens with one attached hydrogen (secondary N) is 3. The van der Waals surface area contributed by atoms with Crippen molar-refractivity contribution >= 4 is 27.9 Å². The van der Waals surface area contributed by atoms with Crippen LogP contribution in [0.1, 0.15) is 68.9 Å². The summed E-state index contributed by atoms with van der Waals surface area (Å²) < 4.78 is 29.6. The summed E-state index contributed by atoms with van der Waals surface area (Å²) in [5.41, 5.74) is 5.26. The van der Waals surface area contributed by atoms with Crippen LogP contribution in [0, 0.1) is 11.8 Å². The fourth-order valence-corrected chi connectivity index (χ4v) is 6.21. The van der Waals surface area contributed by atoms with Crippen LogP contribution in [0.15, 0.2) is 66.7 Å². The number of ether oxygens (including phenoxy) is 1. The van der Waals surface area contributed by atoms with E-state index < -0.39 is 39.5 Å². The highest BCUT2D eigenvalue weighted by molar-refractivity contribution is 7.88. The Morgan fingerprint density at radius 1 is 1.00 bits per heavy atom. The zero-order valence-corrected chi connectivity index (χ0v) is 24.4. The van der Waals surface area contributed by atoms with E-state index >= 15 is 0 Å². The number of hydrogen-bond acceptors (Lipinski definition) is 6. The van der Waals surface area contributed by atoms with Crippen LogP contribution >= 0.6 is 0 Å². The molecule has 3 N–H and O–H groups in total. The summed E-state index contributed by atoms with van der Waals surface area (Å²) in [4.78, 5) is 36.2. The molecule has 2 aromatic rings. The van der Waals surface area contributed by atoms with Gasteiger partial charge < -0.3 is 4.74 Å². The number of rotatable bonds is 13. The summed E-state index contributed by atoms with van der Waals surface area (Å²) in [5.74, 6) is -1.78. The van der Waals surface area contributed by atoms with E-state index in [1.54, 1.807) is 0 Å². The van der Waals surface area contributed by atoms with Gasteiger partial charge in [-0.2, -0.15) is 0 Å². The quantitative estimate of drug-likeness (QED) is 0.301. The van der Waals surface area contributed by atoms with E-state index in [-0.39, 0.29) is 12.3 Å². The average molecular weight is 584 g/mol. The highest BCUT2D eigenvalue weighted by Gasteiger charge is 2.51. The van der Waals surface area contributed by atoms with Crippen LogP contribution in [-0.4, -0.2) is 39.4 Å².